The van der Waals surface area contributed by atoms with Crippen LogP contribution in [0.15, 0.2) is 43.0 Å². The van der Waals surface area contributed by atoms with E-state index in [1.54, 1.807) is 36.9 Å². The highest BCUT2D eigenvalue weighted by Crippen LogP contribution is 2.55. The predicted molar refractivity (Wildman–Crippen MR) is 106 cm³/mol. The zero-order valence-electron chi connectivity index (χ0n) is 16.7. The second-order valence-corrected chi connectivity index (χ2v) is 8.82. The van der Waals surface area contributed by atoms with Crippen molar-refractivity contribution in [1.29, 1.82) is 0 Å². The zero-order valence-corrected chi connectivity index (χ0v) is 16.7. The summed E-state index contributed by atoms with van der Waals surface area (Å²) in [7, 11) is 0. The van der Waals surface area contributed by atoms with Gasteiger partial charge in [0.2, 0.25) is 5.82 Å². The average Bonchev–Trinajstić information content (AvgIpc) is 3.53. The van der Waals surface area contributed by atoms with Crippen LogP contribution in [0.4, 0.5) is 8.78 Å². The molecule has 2 aliphatic carbocycles. The second kappa shape index (κ2) is 7.02. The summed E-state index contributed by atoms with van der Waals surface area (Å²) in [5.74, 6) is -0.590. The van der Waals surface area contributed by atoms with Gasteiger partial charge in [0.15, 0.2) is 23.2 Å². The first-order valence-corrected chi connectivity index (χ1v) is 10.4. The van der Waals surface area contributed by atoms with E-state index < -0.39 is 11.6 Å². The molecule has 6 nitrogen and oxygen atoms in total. The Labute approximate surface area is 177 Å². The fourth-order valence-corrected chi connectivity index (χ4v) is 4.67. The van der Waals surface area contributed by atoms with Crippen LogP contribution in [0.3, 0.4) is 0 Å². The van der Waals surface area contributed by atoms with Crippen LogP contribution in [-0.4, -0.2) is 39.3 Å². The van der Waals surface area contributed by atoms with E-state index in [9.17, 15) is 8.78 Å². The van der Waals surface area contributed by atoms with Gasteiger partial charge in [0, 0.05) is 30.2 Å². The third-order valence-corrected chi connectivity index (χ3v) is 6.53. The lowest BCUT2D eigenvalue weighted by atomic mass is 9.65. The van der Waals surface area contributed by atoms with E-state index in [2.05, 4.69) is 19.9 Å². The Morgan fingerprint density at radius 2 is 1.58 bits per heavy atom. The van der Waals surface area contributed by atoms with Gasteiger partial charge in [-0.1, -0.05) is 0 Å². The van der Waals surface area contributed by atoms with Gasteiger partial charge in [0.25, 0.3) is 0 Å². The monoisotopic (exact) mass is 422 g/mol. The van der Waals surface area contributed by atoms with Gasteiger partial charge in [-0.2, -0.15) is 4.39 Å². The van der Waals surface area contributed by atoms with Crippen LogP contribution in [-0.2, 0) is 4.74 Å². The third kappa shape index (κ3) is 3.35. The first-order chi connectivity index (χ1) is 15.1. The van der Waals surface area contributed by atoms with E-state index in [1.807, 2.05) is 0 Å². The van der Waals surface area contributed by atoms with Gasteiger partial charge in [-0.05, 0) is 60.4 Å². The standard InChI is InChI=1S/C23H20F2N4O2/c24-18-4-13(5-19(20(18)25)31-15-7-23(8-15)11-30-12-23)16-6-17(16)14-9-28-22(29-10-14)21-26-2-1-3-27-21/h1-5,9-10,15-17H,6-8,11-12H2/t16-,17-/m0/s1. The lowest BCUT2D eigenvalue weighted by molar-refractivity contribution is -0.191. The largest absolute Gasteiger partial charge is 0.487 e. The number of nitrogens with zero attached hydrogens (tertiary/aromatic N) is 4. The number of aromatic nitrogens is 4. The van der Waals surface area contributed by atoms with Gasteiger partial charge >= 0.3 is 0 Å². The molecule has 3 aliphatic rings. The number of benzene rings is 1. The minimum absolute atomic E-state index is 0.00793. The quantitative estimate of drug-likeness (QED) is 0.618. The Kier molecular flexibility index (Phi) is 4.24. The number of hydrogen-bond donors (Lipinski definition) is 0. The van der Waals surface area contributed by atoms with Gasteiger partial charge in [-0.25, -0.2) is 24.3 Å². The van der Waals surface area contributed by atoms with Crippen LogP contribution in [0.2, 0.25) is 0 Å². The first kappa shape index (κ1) is 18.7. The Morgan fingerprint density at radius 1 is 0.903 bits per heavy atom. The molecule has 3 heterocycles. The summed E-state index contributed by atoms with van der Waals surface area (Å²) in [5.41, 5.74) is 1.91. The van der Waals surface area contributed by atoms with Gasteiger partial charge in [0.05, 0.1) is 13.2 Å². The number of halogens is 2. The molecule has 3 aromatic rings. The summed E-state index contributed by atoms with van der Waals surface area (Å²) in [6.07, 6.45) is 9.22. The van der Waals surface area contributed by atoms with Gasteiger partial charge in [-0.3, -0.25) is 0 Å². The molecule has 2 saturated carbocycles. The molecular formula is C23H20F2N4O2. The molecule has 1 spiro atoms. The maximum absolute atomic E-state index is 14.3. The summed E-state index contributed by atoms with van der Waals surface area (Å²) in [6, 6.07) is 4.66. The Hall–Kier alpha value is -3.00. The highest BCUT2D eigenvalue weighted by molar-refractivity contribution is 5.44. The van der Waals surface area contributed by atoms with Crippen LogP contribution >= 0.6 is 0 Å². The molecule has 1 aliphatic heterocycles. The zero-order chi connectivity index (χ0) is 21.0. The van der Waals surface area contributed by atoms with Crippen molar-refractivity contribution < 1.29 is 18.3 Å². The molecule has 2 atom stereocenters. The Morgan fingerprint density at radius 3 is 2.26 bits per heavy atom. The van der Waals surface area contributed by atoms with Crippen LogP contribution < -0.4 is 4.74 Å². The minimum atomic E-state index is -0.915. The summed E-state index contributed by atoms with van der Waals surface area (Å²) in [5, 5.41) is 0. The molecule has 0 amide bonds. The Balaban J connectivity index is 1.17. The van der Waals surface area contributed by atoms with Crippen LogP contribution in [0.1, 0.15) is 42.2 Å². The number of hydrogen-bond acceptors (Lipinski definition) is 6. The number of rotatable bonds is 5. The SMILES string of the molecule is Fc1cc([C@@H]2C[C@H]2c2cnc(-c3ncccn3)nc2)cc(OC2CC3(COC3)C2)c1F. The van der Waals surface area contributed by atoms with Crippen molar-refractivity contribution in [3.8, 4) is 17.4 Å². The van der Waals surface area contributed by atoms with Crippen molar-refractivity contribution in [2.24, 2.45) is 5.41 Å². The molecule has 6 rings (SSSR count). The molecule has 0 bridgehead atoms. The topological polar surface area (TPSA) is 70.0 Å². The lowest BCUT2D eigenvalue weighted by Crippen LogP contribution is -2.56. The van der Waals surface area contributed by atoms with E-state index in [4.69, 9.17) is 9.47 Å². The normalized spacial score (nSPS) is 23.8. The molecule has 3 fully saturated rings. The second-order valence-electron chi connectivity index (χ2n) is 8.82. The maximum Gasteiger partial charge on any atom is 0.200 e. The molecule has 1 aromatic carbocycles. The minimum Gasteiger partial charge on any atom is -0.487 e. The number of ether oxygens (including phenoxy) is 2. The van der Waals surface area contributed by atoms with Crippen molar-refractivity contribution >= 4 is 0 Å². The molecule has 31 heavy (non-hydrogen) atoms. The molecule has 158 valence electrons. The fraction of sp³-hybridized carbons (Fsp3) is 0.391. The average molecular weight is 422 g/mol. The lowest BCUT2D eigenvalue weighted by Gasteiger charge is -2.52. The molecular weight excluding hydrogens is 402 g/mol. The highest BCUT2D eigenvalue weighted by atomic mass is 19.2. The maximum atomic E-state index is 14.3. The van der Waals surface area contributed by atoms with E-state index in [0.29, 0.717) is 11.6 Å². The predicted octanol–water partition coefficient (Wildman–Crippen LogP) is 4.04. The van der Waals surface area contributed by atoms with Crippen LogP contribution in [0.5, 0.6) is 5.75 Å². The van der Waals surface area contributed by atoms with Crippen molar-refractivity contribution in [3.63, 3.8) is 0 Å². The molecule has 2 aromatic heterocycles. The van der Waals surface area contributed by atoms with Gasteiger partial charge < -0.3 is 9.47 Å². The molecule has 0 radical (unpaired) electrons. The van der Waals surface area contributed by atoms with Gasteiger partial charge in [0.1, 0.15) is 6.10 Å². The first-order valence-electron chi connectivity index (χ1n) is 10.4. The summed E-state index contributed by atoms with van der Waals surface area (Å²) < 4.78 is 39.7. The smallest absolute Gasteiger partial charge is 0.200 e. The van der Waals surface area contributed by atoms with Crippen molar-refractivity contribution in [2.45, 2.75) is 37.2 Å². The summed E-state index contributed by atoms with van der Waals surface area (Å²) in [4.78, 5) is 17.0. The van der Waals surface area contributed by atoms with Gasteiger partial charge in [-0.15, -0.1) is 0 Å². The summed E-state index contributed by atoms with van der Waals surface area (Å²) in [6.45, 7) is 1.48. The van der Waals surface area contributed by atoms with E-state index in [0.717, 1.165) is 43.6 Å². The highest BCUT2D eigenvalue weighted by Gasteiger charge is 2.51. The van der Waals surface area contributed by atoms with Crippen LogP contribution in [0.25, 0.3) is 11.6 Å². The van der Waals surface area contributed by atoms with E-state index in [1.165, 1.54) is 6.07 Å². The van der Waals surface area contributed by atoms with Crippen molar-refractivity contribution in [3.05, 3.63) is 65.7 Å². The van der Waals surface area contributed by atoms with Crippen LogP contribution in [0, 0.1) is 17.0 Å². The molecule has 0 N–H and O–H groups in total. The van der Waals surface area contributed by atoms with Crippen molar-refractivity contribution in [2.75, 3.05) is 13.2 Å². The molecule has 0 unspecified atom stereocenters. The summed E-state index contributed by atoms with van der Waals surface area (Å²) >= 11 is 0. The van der Waals surface area contributed by atoms with Crippen molar-refractivity contribution in [1.82, 2.24) is 19.9 Å². The molecule has 1 saturated heterocycles. The third-order valence-electron chi connectivity index (χ3n) is 6.53. The van der Waals surface area contributed by atoms with E-state index in [-0.39, 0.29) is 29.1 Å². The Bertz CT molecular complexity index is 1110. The van der Waals surface area contributed by atoms with E-state index >= 15 is 0 Å². The molecule has 8 heteroatoms. The fourth-order valence-electron chi connectivity index (χ4n) is 4.67.